The number of carbonyl (C=O) groups excluding carboxylic acids is 2. The fourth-order valence-corrected chi connectivity index (χ4v) is 3.43. The SMILES string of the molecule is CC1Oc2ccccc2N(CCC(=O)N(Cc2ccncc2)C2CC2)C1=O. The van der Waals surface area contributed by atoms with Gasteiger partial charge in [-0.25, -0.2) is 0 Å². The molecule has 1 aromatic carbocycles. The van der Waals surface area contributed by atoms with E-state index in [1.54, 1.807) is 24.2 Å². The molecule has 1 aromatic heterocycles. The summed E-state index contributed by atoms with van der Waals surface area (Å²) in [7, 11) is 0. The van der Waals surface area contributed by atoms with Crippen LogP contribution in [0, 0.1) is 0 Å². The summed E-state index contributed by atoms with van der Waals surface area (Å²) < 4.78 is 5.66. The van der Waals surface area contributed by atoms with Crippen molar-refractivity contribution in [3.63, 3.8) is 0 Å². The summed E-state index contributed by atoms with van der Waals surface area (Å²) in [4.78, 5) is 33.1. The van der Waals surface area contributed by atoms with Crippen molar-refractivity contribution in [3.05, 3.63) is 54.4 Å². The van der Waals surface area contributed by atoms with Crippen LogP contribution in [0.5, 0.6) is 5.75 Å². The van der Waals surface area contributed by atoms with E-state index in [-0.39, 0.29) is 11.8 Å². The number of amides is 2. The number of aromatic nitrogens is 1. The molecule has 2 amide bonds. The molecule has 2 aromatic rings. The van der Waals surface area contributed by atoms with E-state index in [0.29, 0.717) is 31.3 Å². The summed E-state index contributed by atoms with van der Waals surface area (Å²) in [5.41, 5.74) is 1.81. The normalized spacial score (nSPS) is 18.6. The molecule has 0 N–H and O–H groups in total. The molecular weight excluding hydrogens is 342 g/mol. The van der Waals surface area contributed by atoms with Crippen molar-refractivity contribution in [2.45, 2.75) is 44.9 Å². The van der Waals surface area contributed by atoms with Crippen molar-refractivity contribution in [1.29, 1.82) is 0 Å². The van der Waals surface area contributed by atoms with E-state index in [1.807, 2.05) is 41.3 Å². The molecule has 0 bridgehead atoms. The second-order valence-electron chi connectivity index (χ2n) is 7.08. The van der Waals surface area contributed by atoms with Crippen LogP contribution in [0.1, 0.15) is 31.7 Å². The van der Waals surface area contributed by atoms with Crippen molar-refractivity contribution >= 4 is 17.5 Å². The van der Waals surface area contributed by atoms with Crippen LogP contribution in [-0.2, 0) is 16.1 Å². The Balaban J connectivity index is 1.45. The van der Waals surface area contributed by atoms with Gasteiger partial charge in [-0.1, -0.05) is 12.1 Å². The Bertz CT molecular complexity index is 836. The highest BCUT2D eigenvalue weighted by molar-refractivity contribution is 6.00. The minimum absolute atomic E-state index is 0.0822. The number of benzene rings is 1. The summed E-state index contributed by atoms with van der Waals surface area (Å²) in [6, 6.07) is 11.7. The molecule has 1 aliphatic heterocycles. The van der Waals surface area contributed by atoms with E-state index in [2.05, 4.69) is 4.98 Å². The molecular formula is C21H23N3O3. The van der Waals surface area contributed by atoms with E-state index in [9.17, 15) is 9.59 Å². The van der Waals surface area contributed by atoms with Crippen LogP contribution in [0.4, 0.5) is 5.69 Å². The van der Waals surface area contributed by atoms with Crippen LogP contribution in [0.3, 0.4) is 0 Å². The van der Waals surface area contributed by atoms with Crippen LogP contribution in [-0.4, -0.2) is 40.4 Å². The molecule has 140 valence electrons. The van der Waals surface area contributed by atoms with Gasteiger partial charge in [-0.3, -0.25) is 14.6 Å². The number of ether oxygens (including phenoxy) is 1. The van der Waals surface area contributed by atoms with Crippen molar-refractivity contribution in [2.75, 3.05) is 11.4 Å². The Hall–Kier alpha value is -2.89. The number of rotatable bonds is 6. The van der Waals surface area contributed by atoms with E-state index < -0.39 is 6.10 Å². The van der Waals surface area contributed by atoms with Crippen LogP contribution >= 0.6 is 0 Å². The predicted octanol–water partition coefficient (Wildman–Crippen LogP) is 2.78. The highest BCUT2D eigenvalue weighted by Gasteiger charge is 2.35. The average Bonchev–Trinajstić information content (AvgIpc) is 3.52. The molecule has 2 heterocycles. The lowest BCUT2D eigenvalue weighted by Gasteiger charge is -2.33. The molecule has 27 heavy (non-hydrogen) atoms. The molecule has 4 rings (SSSR count). The van der Waals surface area contributed by atoms with Gasteiger partial charge in [0.25, 0.3) is 5.91 Å². The van der Waals surface area contributed by atoms with Gasteiger partial charge in [0.2, 0.25) is 5.91 Å². The lowest BCUT2D eigenvalue weighted by Crippen LogP contribution is -2.46. The number of hydrogen-bond donors (Lipinski definition) is 0. The van der Waals surface area contributed by atoms with Crippen LogP contribution in [0.15, 0.2) is 48.8 Å². The van der Waals surface area contributed by atoms with Crippen molar-refractivity contribution in [3.8, 4) is 5.75 Å². The topological polar surface area (TPSA) is 62.7 Å². The lowest BCUT2D eigenvalue weighted by atomic mass is 10.1. The van der Waals surface area contributed by atoms with Crippen molar-refractivity contribution in [2.24, 2.45) is 0 Å². The second kappa shape index (κ2) is 7.39. The first-order valence-corrected chi connectivity index (χ1v) is 9.39. The maximum Gasteiger partial charge on any atom is 0.267 e. The maximum absolute atomic E-state index is 12.9. The van der Waals surface area contributed by atoms with Crippen LogP contribution in [0.2, 0.25) is 0 Å². The summed E-state index contributed by atoms with van der Waals surface area (Å²) in [5, 5.41) is 0. The van der Waals surface area contributed by atoms with Crippen LogP contribution in [0.25, 0.3) is 0 Å². The Morgan fingerprint density at radius 3 is 2.70 bits per heavy atom. The third kappa shape index (κ3) is 3.79. The second-order valence-corrected chi connectivity index (χ2v) is 7.08. The molecule has 2 aliphatic rings. The van der Waals surface area contributed by atoms with E-state index in [4.69, 9.17) is 4.74 Å². The van der Waals surface area contributed by atoms with Crippen molar-refractivity contribution in [1.82, 2.24) is 9.88 Å². The van der Waals surface area contributed by atoms with Gasteiger partial charge in [-0.15, -0.1) is 0 Å². The third-order valence-corrected chi connectivity index (χ3v) is 5.03. The smallest absolute Gasteiger partial charge is 0.267 e. The molecule has 1 fully saturated rings. The first kappa shape index (κ1) is 17.5. The molecule has 1 unspecified atom stereocenters. The largest absolute Gasteiger partial charge is 0.479 e. The van der Waals surface area contributed by atoms with E-state index in [1.165, 1.54) is 0 Å². The predicted molar refractivity (Wildman–Crippen MR) is 101 cm³/mol. The quantitative estimate of drug-likeness (QED) is 0.790. The number of fused-ring (bicyclic) bond motifs is 1. The Kier molecular flexibility index (Phi) is 4.79. The zero-order chi connectivity index (χ0) is 18.8. The number of carbonyl (C=O) groups is 2. The summed E-state index contributed by atoms with van der Waals surface area (Å²) in [6.07, 6.45) is 5.35. The minimum atomic E-state index is -0.536. The number of para-hydroxylation sites is 2. The van der Waals surface area contributed by atoms with Gasteiger partial charge in [0, 0.05) is 37.9 Å². The molecule has 0 radical (unpaired) electrons. The standard InChI is InChI=1S/C21H23N3O3/c1-15-21(26)23(18-4-2-3-5-19(18)27-15)13-10-20(25)24(17-6-7-17)14-16-8-11-22-12-9-16/h2-5,8-9,11-12,15,17H,6-7,10,13-14H2,1H3. The number of pyridine rings is 1. The fraction of sp³-hybridized carbons (Fsp3) is 0.381. The molecule has 1 saturated carbocycles. The number of hydrogen-bond acceptors (Lipinski definition) is 4. The third-order valence-electron chi connectivity index (χ3n) is 5.03. The fourth-order valence-electron chi connectivity index (χ4n) is 3.43. The Labute approximate surface area is 158 Å². The van der Waals surface area contributed by atoms with Gasteiger partial charge in [0.15, 0.2) is 6.10 Å². The lowest BCUT2D eigenvalue weighted by molar-refractivity contribution is -0.132. The van der Waals surface area contributed by atoms with Crippen molar-refractivity contribution < 1.29 is 14.3 Å². The number of anilines is 1. The summed E-state index contributed by atoms with van der Waals surface area (Å²) in [5.74, 6) is 0.667. The minimum Gasteiger partial charge on any atom is -0.479 e. The van der Waals surface area contributed by atoms with E-state index in [0.717, 1.165) is 24.1 Å². The van der Waals surface area contributed by atoms with Gasteiger partial charge in [0.05, 0.1) is 5.69 Å². The first-order chi connectivity index (χ1) is 13.1. The Morgan fingerprint density at radius 2 is 1.96 bits per heavy atom. The average molecular weight is 365 g/mol. The van der Waals surface area contributed by atoms with Gasteiger partial charge < -0.3 is 14.5 Å². The molecule has 1 atom stereocenters. The molecule has 1 aliphatic carbocycles. The van der Waals surface area contributed by atoms with Gasteiger partial charge in [-0.2, -0.15) is 0 Å². The van der Waals surface area contributed by atoms with Gasteiger partial charge in [-0.05, 0) is 49.6 Å². The van der Waals surface area contributed by atoms with Gasteiger partial charge >= 0.3 is 0 Å². The van der Waals surface area contributed by atoms with E-state index >= 15 is 0 Å². The molecule has 6 heteroatoms. The zero-order valence-electron chi connectivity index (χ0n) is 15.4. The highest BCUT2D eigenvalue weighted by Crippen LogP contribution is 2.34. The van der Waals surface area contributed by atoms with Gasteiger partial charge in [0.1, 0.15) is 5.75 Å². The summed E-state index contributed by atoms with van der Waals surface area (Å²) >= 11 is 0. The highest BCUT2D eigenvalue weighted by atomic mass is 16.5. The monoisotopic (exact) mass is 365 g/mol. The van der Waals surface area contributed by atoms with Crippen LogP contribution < -0.4 is 9.64 Å². The Morgan fingerprint density at radius 1 is 1.22 bits per heavy atom. The molecule has 0 saturated heterocycles. The molecule has 0 spiro atoms. The maximum atomic E-state index is 12.9. The first-order valence-electron chi connectivity index (χ1n) is 9.39. The number of nitrogens with zero attached hydrogens (tertiary/aromatic N) is 3. The summed E-state index contributed by atoms with van der Waals surface area (Å²) in [6.45, 7) is 2.70. The molecule has 6 nitrogen and oxygen atoms in total. The zero-order valence-corrected chi connectivity index (χ0v) is 15.4.